The predicted molar refractivity (Wildman–Crippen MR) is 109 cm³/mol. The molecule has 0 aliphatic carbocycles. The quantitative estimate of drug-likeness (QED) is 0.292. The summed E-state index contributed by atoms with van der Waals surface area (Å²) in [5.41, 5.74) is 5.66. The molecular formula is C18H15N5O5S. The second-order valence-corrected chi connectivity index (χ2v) is 6.16. The standard InChI is InChI=1S/C18H15N5O5S/c1-28-15-7-6-10(8-14(15)23(26)27)16(24)20-18(29)22-21-17(25)12-9-19-13-5-3-2-4-11(12)13/h2-9,19H,1H3,(H,21,25)(H2,20,22,24,29). The number of carbonyl (C=O) groups excluding carboxylic acids is 2. The van der Waals surface area contributed by atoms with Crippen LogP contribution in [0.1, 0.15) is 20.7 Å². The molecule has 0 bridgehead atoms. The molecule has 148 valence electrons. The van der Waals surface area contributed by atoms with Crippen molar-refractivity contribution in [3.05, 3.63) is 69.9 Å². The Morgan fingerprint density at radius 3 is 2.62 bits per heavy atom. The van der Waals surface area contributed by atoms with Gasteiger partial charge in [0, 0.05) is 28.7 Å². The number of para-hydroxylation sites is 1. The topological polar surface area (TPSA) is 138 Å². The van der Waals surface area contributed by atoms with Gasteiger partial charge < -0.3 is 9.72 Å². The molecule has 4 N–H and O–H groups in total. The Morgan fingerprint density at radius 2 is 1.90 bits per heavy atom. The summed E-state index contributed by atoms with van der Waals surface area (Å²) in [6.45, 7) is 0. The largest absolute Gasteiger partial charge is 0.490 e. The molecule has 0 atom stereocenters. The van der Waals surface area contributed by atoms with Crippen LogP contribution in [-0.4, -0.2) is 33.9 Å². The van der Waals surface area contributed by atoms with Crippen molar-refractivity contribution in [3.8, 4) is 5.75 Å². The number of benzene rings is 2. The number of aromatic nitrogens is 1. The summed E-state index contributed by atoms with van der Waals surface area (Å²) in [7, 11) is 1.29. The molecule has 2 amide bonds. The molecule has 0 radical (unpaired) electrons. The Balaban J connectivity index is 1.62. The lowest BCUT2D eigenvalue weighted by atomic mass is 10.1. The number of nitrogens with zero attached hydrogens (tertiary/aromatic N) is 1. The zero-order valence-electron chi connectivity index (χ0n) is 15.0. The molecule has 29 heavy (non-hydrogen) atoms. The van der Waals surface area contributed by atoms with Crippen LogP contribution in [-0.2, 0) is 0 Å². The van der Waals surface area contributed by atoms with Crippen molar-refractivity contribution >= 4 is 45.7 Å². The van der Waals surface area contributed by atoms with Gasteiger partial charge in [0.15, 0.2) is 10.9 Å². The number of nitro groups is 1. The average molecular weight is 413 g/mol. The highest BCUT2D eigenvalue weighted by Crippen LogP contribution is 2.27. The smallest absolute Gasteiger partial charge is 0.311 e. The Morgan fingerprint density at radius 1 is 1.14 bits per heavy atom. The third kappa shape index (κ3) is 4.30. The number of nitrogens with one attached hydrogen (secondary N) is 4. The van der Waals surface area contributed by atoms with Crippen molar-refractivity contribution < 1.29 is 19.2 Å². The first-order valence-electron chi connectivity index (χ1n) is 8.21. The van der Waals surface area contributed by atoms with Gasteiger partial charge >= 0.3 is 5.69 Å². The van der Waals surface area contributed by atoms with E-state index in [1.165, 1.54) is 19.2 Å². The average Bonchev–Trinajstić information content (AvgIpc) is 3.15. The van der Waals surface area contributed by atoms with Gasteiger partial charge in [-0.3, -0.25) is 35.9 Å². The number of methoxy groups -OCH3 is 1. The van der Waals surface area contributed by atoms with Gasteiger partial charge in [-0.2, -0.15) is 0 Å². The molecular weight excluding hydrogens is 398 g/mol. The molecule has 2 aromatic carbocycles. The SMILES string of the molecule is COc1ccc(C(=O)NC(=S)NNC(=O)c2c[nH]c3ccccc23)cc1[N+](=O)[O-]. The van der Waals surface area contributed by atoms with Crippen LogP contribution in [0.15, 0.2) is 48.7 Å². The van der Waals surface area contributed by atoms with Crippen LogP contribution in [0.3, 0.4) is 0 Å². The lowest BCUT2D eigenvalue weighted by Crippen LogP contribution is -2.48. The highest BCUT2D eigenvalue weighted by Gasteiger charge is 2.19. The summed E-state index contributed by atoms with van der Waals surface area (Å²) in [5.74, 6) is -1.12. The number of hydrogen-bond donors (Lipinski definition) is 4. The van der Waals surface area contributed by atoms with E-state index in [1.807, 2.05) is 12.1 Å². The van der Waals surface area contributed by atoms with Gasteiger partial charge in [-0.15, -0.1) is 0 Å². The van der Waals surface area contributed by atoms with Crippen LogP contribution in [0.25, 0.3) is 10.9 Å². The molecule has 11 heteroatoms. The van der Waals surface area contributed by atoms with Crippen LogP contribution in [0, 0.1) is 10.1 Å². The Bertz CT molecular complexity index is 1130. The van der Waals surface area contributed by atoms with Gasteiger partial charge in [-0.05, 0) is 30.4 Å². The van der Waals surface area contributed by atoms with Crippen LogP contribution < -0.4 is 20.9 Å². The zero-order chi connectivity index (χ0) is 21.0. The number of ether oxygens (including phenoxy) is 1. The van der Waals surface area contributed by atoms with E-state index in [-0.39, 0.29) is 22.1 Å². The second kappa shape index (κ2) is 8.35. The van der Waals surface area contributed by atoms with Crippen LogP contribution >= 0.6 is 12.2 Å². The molecule has 0 saturated heterocycles. The van der Waals surface area contributed by atoms with Crippen molar-refractivity contribution in [2.45, 2.75) is 0 Å². The minimum absolute atomic E-state index is 0.00426. The maximum atomic E-state index is 12.3. The molecule has 0 fully saturated rings. The van der Waals surface area contributed by atoms with Gasteiger partial charge in [0.05, 0.1) is 17.6 Å². The normalized spacial score (nSPS) is 10.2. The highest BCUT2D eigenvalue weighted by molar-refractivity contribution is 7.80. The van der Waals surface area contributed by atoms with Crippen molar-refractivity contribution in [2.75, 3.05) is 7.11 Å². The Hall–Kier alpha value is -3.99. The molecule has 0 aliphatic heterocycles. The fourth-order valence-electron chi connectivity index (χ4n) is 2.62. The zero-order valence-corrected chi connectivity index (χ0v) is 15.8. The number of fused-ring (bicyclic) bond motifs is 1. The molecule has 1 heterocycles. The van der Waals surface area contributed by atoms with Crippen molar-refractivity contribution in [1.82, 2.24) is 21.2 Å². The number of hydrogen-bond acceptors (Lipinski definition) is 6. The summed E-state index contributed by atoms with van der Waals surface area (Å²) < 4.78 is 4.89. The van der Waals surface area contributed by atoms with E-state index in [9.17, 15) is 19.7 Å². The van der Waals surface area contributed by atoms with Gasteiger partial charge in [0.2, 0.25) is 0 Å². The summed E-state index contributed by atoms with van der Waals surface area (Å²) in [4.78, 5) is 38.0. The fourth-order valence-corrected chi connectivity index (χ4v) is 2.76. The van der Waals surface area contributed by atoms with E-state index in [1.54, 1.807) is 18.3 Å². The van der Waals surface area contributed by atoms with Gasteiger partial charge in [-0.25, -0.2) is 0 Å². The Kier molecular flexibility index (Phi) is 5.69. The van der Waals surface area contributed by atoms with E-state index < -0.39 is 16.7 Å². The molecule has 0 unspecified atom stereocenters. The summed E-state index contributed by atoms with van der Waals surface area (Å²) in [6, 6.07) is 11.0. The predicted octanol–water partition coefficient (Wildman–Crippen LogP) is 2.03. The fraction of sp³-hybridized carbons (Fsp3) is 0.0556. The molecule has 3 aromatic rings. The van der Waals surface area contributed by atoms with E-state index in [2.05, 4.69) is 21.2 Å². The van der Waals surface area contributed by atoms with E-state index in [0.717, 1.165) is 17.0 Å². The Labute approximate surface area is 169 Å². The van der Waals surface area contributed by atoms with E-state index in [4.69, 9.17) is 17.0 Å². The third-order valence-electron chi connectivity index (χ3n) is 3.99. The number of nitro benzene ring substituents is 1. The first kappa shape index (κ1) is 19.8. The lowest BCUT2D eigenvalue weighted by molar-refractivity contribution is -0.385. The van der Waals surface area contributed by atoms with Gasteiger partial charge in [-0.1, -0.05) is 18.2 Å². The molecule has 1 aromatic heterocycles. The second-order valence-electron chi connectivity index (χ2n) is 5.75. The minimum Gasteiger partial charge on any atom is -0.490 e. The van der Waals surface area contributed by atoms with Gasteiger partial charge in [0.25, 0.3) is 11.8 Å². The van der Waals surface area contributed by atoms with Crippen LogP contribution in [0.4, 0.5) is 5.69 Å². The summed E-state index contributed by atoms with van der Waals surface area (Å²) >= 11 is 4.98. The summed E-state index contributed by atoms with van der Waals surface area (Å²) in [6.07, 6.45) is 1.56. The van der Waals surface area contributed by atoms with E-state index in [0.29, 0.717) is 5.56 Å². The van der Waals surface area contributed by atoms with E-state index >= 15 is 0 Å². The van der Waals surface area contributed by atoms with Crippen molar-refractivity contribution in [2.24, 2.45) is 0 Å². The summed E-state index contributed by atoms with van der Waals surface area (Å²) in [5, 5.41) is 13.9. The van der Waals surface area contributed by atoms with Crippen LogP contribution in [0.5, 0.6) is 5.75 Å². The number of rotatable bonds is 4. The molecule has 3 rings (SSSR count). The number of amides is 2. The number of hydrazine groups is 1. The van der Waals surface area contributed by atoms with Gasteiger partial charge in [0.1, 0.15) is 0 Å². The maximum absolute atomic E-state index is 12.3. The molecule has 10 nitrogen and oxygen atoms in total. The van der Waals surface area contributed by atoms with Crippen molar-refractivity contribution in [3.63, 3.8) is 0 Å². The van der Waals surface area contributed by atoms with Crippen molar-refractivity contribution in [1.29, 1.82) is 0 Å². The molecule has 0 spiro atoms. The molecule has 0 saturated carbocycles. The molecule has 0 aliphatic rings. The maximum Gasteiger partial charge on any atom is 0.311 e. The monoisotopic (exact) mass is 413 g/mol. The minimum atomic E-state index is -0.686. The lowest BCUT2D eigenvalue weighted by Gasteiger charge is -2.11. The number of carbonyl (C=O) groups is 2. The number of thiocarbonyl (C=S) groups is 1. The first-order valence-corrected chi connectivity index (χ1v) is 8.61. The number of aromatic amines is 1. The third-order valence-corrected chi connectivity index (χ3v) is 4.19. The first-order chi connectivity index (χ1) is 13.9. The van der Waals surface area contributed by atoms with Crippen LogP contribution in [0.2, 0.25) is 0 Å². The highest BCUT2D eigenvalue weighted by atomic mass is 32.1. The number of H-pyrrole nitrogens is 1.